The Balaban J connectivity index is 0.00000306. The minimum absolute atomic E-state index is 0. The van der Waals surface area contributed by atoms with Crippen molar-refractivity contribution in [3.63, 3.8) is 0 Å². The second-order valence-electron chi connectivity index (χ2n) is 8.27. The van der Waals surface area contributed by atoms with Gasteiger partial charge in [0.2, 0.25) is 0 Å². The summed E-state index contributed by atoms with van der Waals surface area (Å²) in [5.74, 6) is 1.77. The standard InChI is InChI=1S/C24H34FN7.HI/c1-3-29-10-12-31(13-11-29)23-9-8-20(18-27-23)19-28-24(26-2)32-16-14-30(15-17-32)22-7-5-4-6-21(22)25;/h4-9,18H,3,10-17,19H2,1-2H3,(H,26,28);1H. The third kappa shape index (κ3) is 6.47. The molecule has 3 heterocycles. The van der Waals surface area contributed by atoms with Crippen LogP contribution in [0.4, 0.5) is 15.9 Å². The highest BCUT2D eigenvalue weighted by Gasteiger charge is 2.21. The van der Waals surface area contributed by atoms with Gasteiger partial charge in [-0.3, -0.25) is 4.99 Å². The van der Waals surface area contributed by atoms with E-state index in [0.29, 0.717) is 12.2 Å². The maximum Gasteiger partial charge on any atom is 0.194 e. The molecule has 2 aromatic rings. The smallest absolute Gasteiger partial charge is 0.194 e. The fraction of sp³-hybridized carbons (Fsp3) is 0.500. The van der Waals surface area contributed by atoms with E-state index in [9.17, 15) is 4.39 Å². The number of hydrogen-bond acceptors (Lipinski definition) is 5. The Morgan fingerprint density at radius 1 is 0.970 bits per heavy atom. The van der Waals surface area contributed by atoms with Gasteiger partial charge in [0.1, 0.15) is 11.6 Å². The first-order chi connectivity index (χ1) is 15.7. The van der Waals surface area contributed by atoms with Crippen LogP contribution in [0.25, 0.3) is 0 Å². The fourth-order valence-corrected chi connectivity index (χ4v) is 4.38. The lowest BCUT2D eigenvalue weighted by molar-refractivity contribution is 0.270. The van der Waals surface area contributed by atoms with Crippen molar-refractivity contribution >= 4 is 41.4 Å². The second kappa shape index (κ2) is 12.4. The van der Waals surface area contributed by atoms with Crippen LogP contribution in [0.3, 0.4) is 0 Å². The van der Waals surface area contributed by atoms with Crippen LogP contribution in [-0.2, 0) is 6.54 Å². The normalized spacial score (nSPS) is 17.7. The van der Waals surface area contributed by atoms with Gasteiger partial charge in [-0.25, -0.2) is 9.37 Å². The molecule has 1 N–H and O–H groups in total. The van der Waals surface area contributed by atoms with E-state index in [4.69, 9.17) is 4.98 Å². The van der Waals surface area contributed by atoms with E-state index >= 15 is 0 Å². The highest BCUT2D eigenvalue weighted by Crippen LogP contribution is 2.20. The number of rotatable bonds is 5. The topological polar surface area (TPSA) is 50.2 Å². The fourth-order valence-electron chi connectivity index (χ4n) is 4.38. The summed E-state index contributed by atoms with van der Waals surface area (Å²) in [6.07, 6.45) is 1.96. The number of hydrogen-bond donors (Lipinski definition) is 1. The molecule has 0 amide bonds. The summed E-state index contributed by atoms with van der Waals surface area (Å²) in [4.78, 5) is 18.3. The molecule has 4 rings (SSSR count). The van der Waals surface area contributed by atoms with Crippen molar-refractivity contribution in [2.24, 2.45) is 4.99 Å². The maximum absolute atomic E-state index is 14.1. The van der Waals surface area contributed by atoms with Gasteiger partial charge in [0.05, 0.1) is 5.69 Å². The number of aromatic nitrogens is 1. The summed E-state index contributed by atoms with van der Waals surface area (Å²) in [7, 11) is 1.81. The van der Waals surface area contributed by atoms with E-state index in [2.05, 4.69) is 49.0 Å². The predicted octanol–water partition coefficient (Wildman–Crippen LogP) is 2.88. The molecule has 2 fully saturated rings. The van der Waals surface area contributed by atoms with Crippen LogP contribution in [0, 0.1) is 5.82 Å². The predicted molar refractivity (Wildman–Crippen MR) is 144 cm³/mol. The average molecular weight is 567 g/mol. The van der Waals surface area contributed by atoms with Crippen LogP contribution in [0.1, 0.15) is 12.5 Å². The molecule has 9 heteroatoms. The van der Waals surface area contributed by atoms with Crippen LogP contribution in [-0.4, -0.2) is 86.7 Å². The Morgan fingerprint density at radius 3 is 2.27 bits per heavy atom. The lowest BCUT2D eigenvalue weighted by Crippen LogP contribution is -2.52. The van der Waals surface area contributed by atoms with Gasteiger partial charge in [0.15, 0.2) is 5.96 Å². The Bertz CT molecular complexity index is 892. The van der Waals surface area contributed by atoms with E-state index in [1.807, 2.05) is 25.4 Å². The number of halogens is 2. The summed E-state index contributed by atoms with van der Waals surface area (Å²) >= 11 is 0. The van der Waals surface area contributed by atoms with Crippen molar-refractivity contribution < 1.29 is 4.39 Å². The summed E-state index contributed by atoms with van der Waals surface area (Å²) in [6.45, 7) is 11.4. The molecule has 2 saturated heterocycles. The quantitative estimate of drug-likeness (QED) is 0.341. The largest absolute Gasteiger partial charge is 0.366 e. The van der Waals surface area contributed by atoms with Gasteiger partial charge >= 0.3 is 0 Å². The number of likely N-dealkylation sites (N-methyl/N-ethyl adjacent to an activating group) is 1. The second-order valence-corrected chi connectivity index (χ2v) is 8.27. The van der Waals surface area contributed by atoms with Crippen LogP contribution < -0.4 is 15.1 Å². The van der Waals surface area contributed by atoms with E-state index in [1.165, 1.54) is 6.07 Å². The van der Waals surface area contributed by atoms with Gasteiger partial charge in [0.25, 0.3) is 0 Å². The van der Waals surface area contributed by atoms with Crippen LogP contribution in [0.2, 0.25) is 0 Å². The number of anilines is 2. The van der Waals surface area contributed by atoms with Crippen molar-refractivity contribution in [3.8, 4) is 0 Å². The third-order valence-corrected chi connectivity index (χ3v) is 6.39. The minimum atomic E-state index is -0.161. The number of guanidine groups is 1. The lowest BCUT2D eigenvalue weighted by Gasteiger charge is -2.37. The number of aliphatic imine (C=N–C) groups is 1. The Labute approximate surface area is 213 Å². The van der Waals surface area contributed by atoms with Gasteiger partial charge < -0.3 is 24.9 Å². The molecule has 2 aliphatic rings. The van der Waals surface area contributed by atoms with Crippen LogP contribution >= 0.6 is 24.0 Å². The Morgan fingerprint density at radius 2 is 1.67 bits per heavy atom. The number of para-hydroxylation sites is 1. The molecule has 33 heavy (non-hydrogen) atoms. The minimum Gasteiger partial charge on any atom is -0.366 e. The first-order valence-corrected chi connectivity index (χ1v) is 11.5. The zero-order valence-electron chi connectivity index (χ0n) is 19.6. The molecule has 1 aromatic carbocycles. The van der Waals surface area contributed by atoms with Gasteiger partial charge in [0, 0.05) is 72.1 Å². The van der Waals surface area contributed by atoms with E-state index in [0.717, 1.165) is 76.2 Å². The molecule has 2 aliphatic heterocycles. The number of pyridine rings is 1. The zero-order chi connectivity index (χ0) is 22.3. The third-order valence-electron chi connectivity index (χ3n) is 6.39. The number of nitrogens with one attached hydrogen (secondary N) is 1. The van der Waals surface area contributed by atoms with Gasteiger partial charge in [-0.15, -0.1) is 24.0 Å². The highest BCUT2D eigenvalue weighted by atomic mass is 127. The zero-order valence-corrected chi connectivity index (χ0v) is 21.9. The summed E-state index contributed by atoms with van der Waals surface area (Å²) < 4.78 is 14.1. The Hall–Kier alpha value is -2.14. The van der Waals surface area contributed by atoms with E-state index in [1.54, 1.807) is 6.07 Å². The SMILES string of the molecule is CCN1CCN(c2ccc(CNC(=NC)N3CCN(c4ccccc4F)CC3)cn2)CC1.I. The molecule has 0 aliphatic carbocycles. The first kappa shape index (κ1) is 25.5. The number of benzene rings is 1. The van der Waals surface area contributed by atoms with Crippen LogP contribution in [0.5, 0.6) is 0 Å². The van der Waals surface area contributed by atoms with Crippen molar-refractivity contribution in [3.05, 3.63) is 54.0 Å². The van der Waals surface area contributed by atoms with Crippen molar-refractivity contribution in [2.75, 3.05) is 75.8 Å². The molecule has 0 bridgehead atoms. The molecule has 1 aromatic heterocycles. The summed E-state index contributed by atoms with van der Waals surface area (Å²) in [5, 5.41) is 3.46. The number of piperazine rings is 2. The molecule has 180 valence electrons. The van der Waals surface area contributed by atoms with Crippen molar-refractivity contribution in [2.45, 2.75) is 13.5 Å². The summed E-state index contributed by atoms with van der Waals surface area (Å²) in [5.41, 5.74) is 1.81. The van der Waals surface area contributed by atoms with Crippen molar-refractivity contribution in [1.82, 2.24) is 20.1 Å². The summed E-state index contributed by atoms with van der Waals surface area (Å²) in [6, 6.07) is 11.2. The van der Waals surface area contributed by atoms with Gasteiger partial charge in [-0.05, 0) is 30.3 Å². The molecule has 0 unspecified atom stereocenters. The molecule has 7 nitrogen and oxygen atoms in total. The van der Waals surface area contributed by atoms with E-state index in [-0.39, 0.29) is 29.8 Å². The molecule has 0 radical (unpaired) electrons. The van der Waals surface area contributed by atoms with Crippen molar-refractivity contribution in [1.29, 1.82) is 0 Å². The molecule has 0 atom stereocenters. The molecule has 0 saturated carbocycles. The molecular weight excluding hydrogens is 532 g/mol. The first-order valence-electron chi connectivity index (χ1n) is 11.5. The van der Waals surface area contributed by atoms with Gasteiger partial charge in [-0.2, -0.15) is 0 Å². The average Bonchev–Trinajstić information content (AvgIpc) is 2.86. The highest BCUT2D eigenvalue weighted by molar-refractivity contribution is 14.0. The number of nitrogens with zero attached hydrogens (tertiary/aromatic N) is 6. The lowest BCUT2D eigenvalue weighted by atomic mass is 10.2. The van der Waals surface area contributed by atoms with Gasteiger partial charge in [-0.1, -0.05) is 25.1 Å². The van der Waals surface area contributed by atoms with Crippen LogP contribution in [0.15, 0.2) is 47.6 Å². The monoisotopic (exact) mass is 567 g/mol. The Kier molecular flexibility index (Phi) is 9.54. The molecule has 0 spiro atoms. The molecular formula is C24H35FIN7. The maximum atomic E-state index is 14.1. The van der Waals surface area contributed by atoms with E-state index < -0.39 is 0 Å².